The summed E-state index contributed by atoms with van der Waals surface area (Å²) in [7, 11) is 1.34. The Morgan fingerprint density at radius 2 is 1.78 bits per heavy atom. The van der Waals surface area contributed by atoms with Crippen molar-refractivity contribution >= 4 is 28.2 Å². The number of nitrogens with zero attached hydrogens (tertiary/aromatic N) is 3. The van der Waals surface area contributed by atoms with Crippen LogP contribution in [0, 0.1) is 27.4 Å². The zero-order valence-electron chi connectivity index (χ0n) is 17.7. The van der Waals surface area contributed by atoms with E-state index in [-0.39, 0.29) is 33.5 Å². The number of piperidine rings is 1. The molecule has 166 valence electrons. The van der Waals surface area contributed by atoms with Crippen LogP contribution in [0.1, 0.15) is 35.2 Å². The summed E-state index contributed by atoms with van der Waals surface area (Å²) in [6.45, 7) is 2.39. The maximum atomic E-state index is 13.0. The lowest BCUT2D eigenvalue weighted by Gasteiger charge is -2.38. The number of carbonyl (C=O) groups is 2. The number of amides is 2. The lowest BCUT2D eigenvalue weighted by molar-refractivity contribution is -0.381. The molecule has 0 unspecified atom stereocenters. The van der Waals surface area contributed by atoms with Gasteiger partial charge in [0.05, 0.1) is 17.6 Å². The number of rotatable bonds is 3. The Morgan fingerprint density at radius 3 is 2.41 bits per heavy atom. The highest BCUT2D eigenvalue weighted by atomic mass is 32.1. The number of carbonyl (C=O) groups excluding carboxylic acids is 2. The van der Waals surface area contributed by atoms with Gasteiger partial charge in [-0.3, -0.25) is 19.7 Å². The summed E-state index contributed by atoms with van der Waals surface area (Å²) in [5, 5.41) is 12.5. The lowest BCUT2D eigenvalue weighted by atomic mass is 9.78. The van der Waals surface area contributed by atoms with E-state index in [1.165, 1.54) is 12.5 Å². The highest BCUT2D eigenvalue weighted by Gasteiger charge is 2.43. The minimum Gasteiger partial charge on any atom is -0.489 e. The molecule has 2 saturated heterocycles. The van der Waals surface area contributed by atoms with Crippen LogP contribution in [0.4, 0.5) is 5.00 Å². The highest BCUT2D eigenvalue weighted by Crippen LogP contribution is 2.43. The molecule has 1 spiro atoms. The third-order valence-electron chi connectivity index (χ3n) is 6.25. The predicted molar refractivity (Wildman–Crippen MR) is 120 cm³/mol. The standard InChI is InChI=1S/C23H23N3O5S/c1-31-20-18(15-32-22(20)26(29)30)21(28)25-14-11-23(16-25)9-12-24(13-10-23)19(27)8-7-17-5-3-2-4-6-17/h2-6,15H,9-14,16H2,1H3. The van der Waals surface area contributed by atoms with Crippen molar-refractivity contribution in [1.82, 2.24) is 9.80 Å². The van der Waals surface area contributed by atoms with Crippen molar-refractivity contribution in [1.29, 1.82) is 0 Å². The molecule has 2 aliphatic rings. The molecular weight excluding hydrogens is 430 g/mol. The number of hydrogen-bond donors (Lipinski definition) is 0. The van der Waals surface area contributed by atoms with Crippen LogP contribution < -0.4 is 4.74 Å². The van der Waals surface area contributed by atoms with E-state index in [9.17, 15) is 19.7 Å². The summed E-state index contributed by atoms with van der Waals surface area (Å²) in [5.41, 5.74) is 1.02. The summed E-state index contributed by atoms with van der Waals surface area (Å²) in [4.78, 5) is 39.7. The Labute approximate surface area is 189 Å². The Bertz CT molecular complexity index is 1090. The summed E-state index contributed by atoms with van der Waals surface area (Å²) >= 11 is 0.901. The molecule has 2 fully saturated rings. The van der Waals surface area contributed by atoms with Crippen LogP contribution in [-0.4, -0.2) is 59.8 Å². The van der Waals surface area contributed by atoms with Gasteiger partial charge in [0.15, 0.2) is 0 Å². The fraction of sp³-hybridized carbons (Fsp3) is 0.391. The molecule has 32 heavy (non-hydrogen) atoms. The lowest BCUT2D eigenvalue weighted by Crippen LogP contribution is -2.44. The van der Waals surface area contributed by atoms with Gasteiger partial charge in [0.25, 0.3) is 11.8 Å². The van der Waals surface area contributed by atoms with E-state index in [1.807, 2.05) is 30.3 Å². The minimum absolute atomic E-state index is 0.0309. The minimum atomic E-state index is -0.529. The van der Waals surface area contributed by atoms with Gasteiger partial charge >= 0.3 is 5.00 Å². The van der Waals surface area contributed by atoms with E-state index in [4.69, 9.17) is 4.74 Å². The number of methoxy groups -OCH3 is 1. The van der Waals surface area contributed by atoms with Crippen molar-refractivity contribution < 1.29 is 19.2 Å². The maximum absolute atomic E-state index is 13.0. The van der Waals surface area contributed by atoms with E-state index in [2.05, 4.69) is 11.8 Å². The van der Waals surface area contributed by atoms with Crippen LogP contribution in [0.15, 0.2) is 35.7 Å². The van der Waals surface area contributed by atoms with Crippen LogP contribution in [0.25, 0.3) is 0 Å². The van der Waals surface area contributed by atoms with Crippen LogP contribution in [-0.2, 0) is 4.79 Å². The largest absolute Gasteiger partial charge is 0.489 e. The Morgan fingerprint density at radius 1 is 1.12 bits per heavy atom. The number of thiophene rings is 1. The molecule has 2 amide bonds. The molecule has 4 rings (SSSR count). The van der Waals surface area contributed by atoms with Crippen LogP contribution in [0.5, 0.6) is 5.75 Å². The Hall–Kier alpha value is -3.38. The number of ether oxygens (including phenoxy) is 1. The van der Waals surface area contributed by atoms with Gasteiger partial charge in [0.1, 0.15) is 0 Å². The highest BCUT2D eigenvalue weighted by molar-refractivity contribution is 7.14. The number of nitro groups is 1. The maximum Gasteiger partial charge on any atom is 0.366 e. The first-order valence-electron chi connectivity index (χ1n) is 10.4. The molecule has 0 atom stereocenters. The molecule has 1 aromatic heterocycles. The number of likely N-dealkylation sites (tertiary alicyclic amines) is 2. The molecule has 9 heteroatoms. The first kappa shape index (κ1) is 21.8. The van der Waals surface area contributed by atoms with E-state index in [0.717, 1.165) is 36.2 Å². The molecule has 8 nitrogen and oxygen atoms in total. The van der Waals surface area contributed by atoms with E-state index in [1.54, 1.807) is 9.80 Å². The fourth-order valence-electron chi connectivity index (χ4n) is 4.40. The van der Waals surface area contributed by atoms with E-state index in [0.29, 0.717) is 26.2 Å². The molecule has 2 aliphatic heterocycles. The van der Waals surface area contributed by atoms with Gasteiger partial charge in [-0.2, -0.15) is 0 Å². The normalized spacial score (nSPS) is 17.0. The molecule has 1 aromatic carbocycles. The van der Waals surface area contributed by atoms with Crippen LogP contribution in [0.3, 0.4) is 0 Å². The molecular formula is C23H23N3O5S. The molecule has 0 radical (unpaired) electrons. The van der Waals surface area contributed by atoms with Crippen molar-refractivity contribution in [2.75, 3.05) is 33.3 Å². The molecule has 0 saturated carbocycles. The van der Waals surface area contributed by atoms with E-state index < -0.39 is 4.92 Å². The second-order valence-electron chi connectivity index (χ2n) is 8.13. The Kier molecular flexibility index (Phi) is 6.15. The zero-order valence-corrected chi connectivity index (χ0v) is 18.5. The smallest absolute Gasteiger partial charge is 0.366 e. The zero-order chi connectivity index (χ0) is 22.7. The first-order valence-corrected chi connectivity index (χ1v) is 11.3. The first-order chi connectivity index (χ1) is 15.4. The van der Waals surface area contributed by atoms with Gasteiger partial charge in [-0.05, 0) is 36.8 Å². The summed E-state index contributed by atoms with van der Waals surface area (Å²) < 4.78 is 5.16. The average molecular weight is 454 g/mol. The molecule has 0 bridgehead atoms. The van der Waals surface area contributed by atoms with Gasteiger partial charge in [0.2, 0.25) is 5.75 Å². The molecule has 0 aliphatic carbocycles. The van der Waals surface area contributed by atoms with Gasteiger partial charge in [-0.15, -0.1) is 0 Å². The summed E-state index contributed by atoms with van der Waals surface area (Å²) in [6, 6.07) is 9.41. The number of benzene rings is 1. The van der Waals surface area contributed by atoms with Crippen LogP contribution in [0.2, 0.25) is 0 Å². The van der Waals surface area contributed by atoms with Crippen molar-refractivity contribution in [3.63, 3.8) is 0 Å². The van der Waals surface area contributed by atoms with Crippen molar-refractivity contribution in [3.8, 4) is 17.6 Å². The van der Waals surface area contributed by atoms with Gasteiger partial charge in [-0.25, -0.2) is 0 Å². The third kappa shape index (κ3) is 4.32. The van der Waals surface area contributed by atoms with Gasteiger partial charge < -0.3 is 14.5 Å². The average Bonchev–Trinajstić information content (AvgIpc) is 3.43. The second kappa shape index (κ2) is 9.01. The number of hydrogen-bond acceptors (Lipinski definition) is 6. The predicted octanol–water partition coefficient (Wildman–Crippen LogP) is 3.17. The topological polar surface area (TPSA) is 93.0 Å². The van der Waals surface area contributed by atoms with E-state index >= 15 is 0 Å². The van der Waals surface area contributed by atoms with Crippen molar-refractivity contribution in [2.24, 2.45) is 5.41 Å². The van der Waals surface area contributed by atoms with Crippen LogP contribution >= 0.6 is 11.3 Å². The molecule has 3 heterocycles. The van der Waals surface area contributed by atoms with Crippen molar-refractivity contribution in [3.05, 3.63) is 57.0 Å². The monoisotopic (exact) mass is 453 g/mol. The fourth-order valence-corrected chi connectivity index (χ4v) is 5.23. The van der Waals surface area contributed by atoms with Gasteiger partial charge in [-0.1, -0.05) is 35.5 Å². The summed E-state index contributed by atoms with van der Waals surface area (Å²) in [6.07, 6.45) is 2.46. The SMILES string of the molecule is COc1c(C(=O)N2CCC3(CCN(C(=O)C#Cc4ccccc4)CC3)C2)csc1[N+](=O)[O-]. The molecule has 0 N–H and O–H groups in total. The van der Waals surface area contributed by atoms with Crippen molar-refractivity contribution in [2.45, 2.75) is 19.3 Å². The Balaban J connectivity index is 1.37. The second-order valence-corrected chi connectivity index (χ2v) is 8.99. The summed E-state index contributed by atoms with van der Waals surface area (Å²) in [5.74, 6) is 5.25. The third-order valence-corrected chi connectivity index (χ3v) is 7.16. The molecule has 2 aromatic rings. The quantitative estimate of drug-likeness (QED) is 0.404. The van der Waals surface area contributed by atoms with Gasteiger partial charge in [0, 0.05) is 43.0 Å².